The second-order valence-corrected chi connectivity index (χ2v) is 3.34. The van der Waals surface area contributed by atoms with Crippen LogP contribution in [-0.4, -0.2) is 17.7 Å². The molecule has 0 bridgehead atoms. The molecule has 1 saturated heterocycles. The zero-order chi connectivity index (χ0) is 7.84. The summed E-state index contributed by atoms with van der Waals surface area (Å²) < 4.78 is 0. The minimum Gasteiger partial charge on any atom is -0.352 e. The van der Waals surface area contributed by atoms with Gasteiger partial charge in [0, 0.05) is 24.8 Å². The highest BCUT2D eigenvalue weighted by Gasteiger charge is 2.38. The van der Waals surface area contributed by atoms with Gasteiger partial charge in [0.2, 0.25) is 5.91 Å². The highest BCUT2D eigenvalue weighted by atomic mass is 16.2. The number of carbonyl (C=O) groups is 2. The van der Waals surface area contributed by atoms with Crippen molar-refractivity contribution in [1.29, 1.82) is 0 Å². The maximum absolute atomic E-state index is 11.2. The quantitative estimate of drug-likeness (QED) is 0.549. The molecule has 2 rings (SSSR count). The van der Waals surface area contributed by atoms with Gasteiger partial charge >= 0.3 is 0 Å². The van der Waals surface area contributed by atoms with Crippen LogP contribution < -0.4 is 5.32 Å². The Labute approximate surface area is 65.2 Å². The number of hydrogen-bond acceptors (Lipinski definition) is 2. The zero-order valence-corrected chi connectivity index (χ0v) is 6.30. The predicted octanol–water partition coefficient (Wildman–Crippen LogP) is 0.244. The van der Waals surface area contributed by atoms with Gasteiger partial charge in [0.15, 0.2) is 0 Å². The summed E-state index contributed by atoms with van der Waals surface area (Å²) in [5.41, 5.74) is 0. The molecule has 3 nitrogen and oxygen atoms in total. The van der Waals surface area contributed by atoms with Crippen LogP contribution in [0.1, 0.15) is 25.7 Å². The molecule has 11 heavy (non-hydrogen) atoms. The Kier molecular flexibility index (Phi) is 1.44. The molecule has 1 N–H and O–H groups in total. The largest absolute Gasteiger partial charge is 0.352 e. The number of carbonyl (C=O) groups excluding carboxylic acids is 2. The van der Waals surface area contributed by atoms with Gasteiger partial charge in [-0.25, -0.2) is 0 Å². The van der Waals surface area contributed by atoms with Crippen LogP contribution in [-0.2, 0) is 9.59 Å². The number of amides is 1. The Morgan fingerprint density at radius 3 is 2.55 bits per heavy atom. The van der Waals surface area contributed by atoms with E-state index >= 15 is 0 Å². The van der Waals surface area contributed by atoms with Crippen molar-refractivity contribution < 1.29 is 9.59 Å². The van der Waals surface area contributed by atoms with Crippen molar-refractivity contribution in [2.24, 2.45) is 5.92 Å². The molecule has 0 aromatic heterocycles. The molecule has 2 atom stereocenters. The molecular formula is C8H11NO2. The minimum absolute atomic E-state index is 0.0923. The molecule has 0 aromatic carbocycles. The summed E-state index contributed by atoms with van der Waals surface area (Å²) in [4.78, 5) is 21.7. The smallest absolute Gasteiger partial charge is 0.222 e. The minimum atomic E-state index is 0.0923. The van der Waals surface area contributed by atoms with Crippen molar-refractivity contribution in [3.8, 4) is 0 Å². The second kappa shape index (κ2) is 2.32. The third-order valence-corrected chi connectivity index (χ3v) is 2.59. The summed E-state index contributed by atoms with van der Waals surface area (Å²) in [7, 11) is 0. The van der Waals surface area contributed by atoms with Crippen LogP contribution in [0.15, 0.2) is 0 Å². The van der Waals surface area contributed by atoms with Crippen LogP contribution >= 0.6 is 0 Å². The highest BCUT2D eigenvalue weighted by Crippen LogP contribution is 2.28. The van der Waals surface area contributed by atoms with Gasteiger partial charge in [-0.05, 0) is 12.8 Å². The fraction of sp³-hybridized carbons (Fsp3) is 0.750. The van der Waals surface area contributed by atoms with Gasteiger partial charge in [-0.15, -0.1) is 0 Å². The van der Waals surface area contributed by atoms with Gasteiger partial charge < -0.3 is 5.32 Å². The third-order valence-electron chi connectivity index (χ3n) is 2.59. The SMILES string of the molecule is O=C1C[C@@H](C2CCCC2=O)N1. The average Bonchev–Trinajstić information content (AvgIpc) is 2.29. The molecule has 1 unspecified atom stereocenters. The number of rotatable bonds is 1. The summed E-state index contributed by atoms with van der Waals surface area (Å²) in [6.45, 7) is 0. The number of Topliss-reactive ketones (excluding diaryl/α,β-unsaturated/α-hetero) is 1. The fourth-order valence-corrected chi connectivity index (χ4v) is 1.90. The van der Waals surface area contributed by atoms with Crippen LogP contribution in [0, 0.1) is 5.92 Å². The first-order valence-electron chi connectivity index (χ1n) is 4.09. The maximum Gasteiger partial charge on any atom is 0.222 e. The first kappa shape index (κ1) is 6.83. The van der Waals surface area contributed by atoms with Crippen molar-refractivity contribution in [2.45, 2.75) is 31.7 Å². The lowest BCUT2D eigenvalue weighted by atomic mass is 9.89. The van der Waals surface area contributed by atoms with Crippen molar-refractivity contribution >= 4 is 11.7 Å². The summed E-state index contributed by atoms with van der Waals surface area (Å²) in [6, 6.07) is 0.178. The molecule has 0 radical (unpaired) electrons. The lowest BCUT2D eigenvalue weighted by molar-refractivity contribution is -0.131. The van der Waals surface area contributed by atoms with E-state index < -0.39 is 0 Å². The lowest BCUT2D eigenvalue weighted by Crippen LogP contribution is -2.53. The molecule has 60 valence electrons. The molecule has 1 saturated carbocycles. The van der Waals surface area contributed by atoms with Crippen molar-refractivity contribution in [3.63, 3.8) is 0 Å². The van der Waals surface area contributed by atoms with E-state index in [4.69, 9.17) is 0 Å². The van der Waals surface area contributed by atoms with Gasteiger partial charge in [-0.2, -0.15) is 0 Å². The molecule has 3 heteroatoms. The van der Waals surface area contributed by atoms with Gasteiger partial charge in [-0.3, -0.25) is 9.59 Å². The zero-order valence-electron chi connectivity index (χ0n) is 6.30. The summed E-state index contributed by atoms with van der Waals surface area (Å²) >= 11 is 0. The standard InChI is InChI=1S/C8H11NO2/c10-7-3-1-2-5(7)6-4-8(11)9-6/h5-6H,1-4H2,(H,9,11)/t5?,6-/m0/s1. The third kappa shape index (κ3) is 1.04. The Morgan fingerprint density at radius 2 is 2.09 bits per heavy atom. The van der Waals surface area contributed by atoms with Gasteiger partial charge in [-0.1, -0.05) is 0 Å². The molecule has 1 aliphatic carbocycles. The van der Waals surface area contributed by atoms with Gasteiger partial charge in [0.25, 0.3) is 0 Å². The molecule has 1 aliphatic heterocycles. The number of nitrogens with one attached hydrogen (secondary N) is 1. The van der Waals surface area contributed by atoms with Crippen molar-refractivity contribution in [2.75, 3.05) is 0 Å². The molecule has 0 spiro atoms. The van der Waals surface area contributed by atoms with E-state index in [1.54, 1.807) is 0 Å². The Balaban J connectivity index is 1.95. The highest BCUT2D eigenvalue weighted by molar-refractivity contribution is 5.89. The van der Waals surface area contributed by atoms with E-state index in [9.17, 15) is 9.59 Å². The van der Waals surface area contributed by atoms with Gasteiger partial charge in [0.05, 0.1) is 0 Å². The van der Waals surface area contributed by atoms with Crippen LogP contribution in [0.2, 0.25) is 0 Å². The van der Waals surface area contributed by atoms with Crippen LogP contribution in [0.5, 0.6) is 0 Å². The molecular weight excluding hydrogens is 142 g/mol. The molecule has 1 heterocycles. The molecule has 2 aliphatic rings. The van der Waals surface area contributed by atoms with E-state index in [1.807, 2.05) is 0 Å². The van der Waals surface area contributed by atoms with Crippen LogP contribution in [0.4, 0.5) is 0 Å². The first-order valence-corrected chi connectivity index (χ1v) is 4.09. The van der Waals surface area contributed by atoms with Crippen molar-refractivity contribution in [3.05, 3.63) is 0 Å². The Bertz CT molecular complexity index is 204. The predicted molar refractivity (Wildman–Crippen MR) is 38.9 cm³/mol. The normalized spacial score (nSPS) is 36.7. The van der Waals surface area contributed by atoms with E-state index in [-0.39, 0.29) is 17.9 Å². The topological polar surface area (TPSA) is 46.2 Å². The van der Waals surface area contributed by atoms with E-state index in [0.717, 1.165) is 19.3 Å². The number of ketones is 1. The molecule has 2 fully saturated rings. The lowest BCUT2D eigenvalue weighted by Gasteiger charge is -2.31. The Hall–Kier alpha value is -0.860. The number of β-lactam (4-membered cyclic amide) rings is 1. The van der Waals surface area contributed by atoms with Gasteiger partial charge in [0.1, 0.15) is 5.78 Å². The average molecular weight is 153 g/mol. The maximum atomic E-state index is 11.2. The van der Waals surface area contributed by atoms with E-state index in [2.05, 4.69) is 5.32 Å². The van der Waals surface area contributed by atoms with Crippen LogP contribution in [0.25, 0.3) is 0 Å². The Morgan fingerprint density at radius 1 is 1.36 bits per heavy atom. The number of hydrogen-bond donors (Lipinski definition) is 1. The molecule has 0 aromatic rings. The fourth-order valence-electron chi connectivity index (χ4n) is 1.90. The summed E-state index contributed by atoms with van der Waals surface area (Å²) in [6.07, 6.45) is 3.27. The molecule has 1 amide bonds. The first-order chi connectivity index (χ1) is 5.27. The summed E-state index contributed by atoms with van der Waals surface area (Å²) in [5.74, 6) is 0.581. The second-order valence-electron chi connectivity index (χ2n) is 3.34. The van der Waals surface area contributed by atoms with Crippen molar-refractivity contribution in [1.82, 2.24) is 5.32 Å². The van der Waals surface area contributed by atoms with E-state index in [0.29, 0.717) is 12.2 Å². The monoisotopic (exact) mass is 153 g/mol. The van der Waals surface area contributed by atoms with E-state index in [1.165, 1.54) is 0 Å². The summed E-state index contributed by atoms with van der Waals surface area (Å²) in [5, 5.41) is 2.76. The van der Waals surface area contributed by atoms with Crippen LogP contribution in [0.3, 0.4) is 0 Å².